The van der Waals surface area contributed by atoms with Crippen molar-refractivity contribution in [3.05, 3.63) is 72.0 Å². The van der Waals surface area contributed by atoms with Crippen molar-refractivity contribution >= 4 is 21.6 Å². The van der Waals surface area contributed by atoms with Crippen molar-refractivity contribution in [2.24, 2.45) is 0 Å². The number of ether oxygens (including phenoxy) is 4. The second-order valence-electron chi connectivity index (χ2n) is 9.88. The summed E-state index contributed by atoms with van der Waals surface area (Å²) in [5, 5.41) is 2.97. The monoisotopic (exact) mass is 556 g/mol. The molecule has 5 rings (SSSR count). The maximum absolute atomic E-state index is 13.8. The number of hydrogen-bond donors (Lipinski definition) is 1. The van der Waals surface area contributed by atoms with Crippen LogP contribution in [-0.4, -0.2) is 46.8 Å². The van der Waals surface area contributed by atoms with Crippen LogP contribution in [0.4, 0.5) is 10.1 Å². The van der Waals surface area contributed by atoms with Gasteiger partial charge < -0.3 is 24.3 Å². The molecule has 0 bridgehead atoms. The number of fused-ring (bicyclic) bond motifs is 2. The maximum Gasteiger partial charge on any atom is 0.264 e. The van der Waals surface area contributed by atoms with Crippen molar-refractivity contribution in [1.29, 1.82) is 0 Å². The molecule has 0 aromatic heterocycles. The summed E-state index contributed by atoms with van der Waals surface area (Å²) in [4.78, 5) is 13.3. The number of anilines is 1. The van der Waals surface area contributed by atoms with Crippen LogP contribution in [0.3, 0.4) is 0 Å². The minimum Gasteiger partial charge on any atom is -0.497 e. The number of hydrogen-bond acceptors (Lipinski definition) is 7. The van der Waals surface area contributed by atoms with E-state index in [-0.39, 0.29) is 17.2 Å². The summed E-state index contributed by atoms with van der Waals surface area (Å²) in [6, 6.07) is 14.1. The van der Waals surface area contributed by atoms with E-state index in [9.17, 15) is 17.6 Å². The second kappa shape index (κ2) is 10.3. The average Bonchev–Trinajstić information content (AvgIpc) is 2.91. The lowest BCUT2D eigenvalue weighted by Crippen LogP contribution is -2.45. The van der Waals surface area contributed by atoms with Crippen LogP contribution in [0.5, 0.6) is 23.0 Å². The number of sulfonamides is 1. The van der Waals surface area contributed by atoms with Gasteiger partial charge in [0, 0.05) is 18.1 Å². The molecular weight excluding hydrogens is 527 g/mol. The number of amides is 1. The fraction of sp³-hybridized carbons (Fsp3) is 0.321. The SMILES string of the molecule is COc1ccc2c(c1)C(NC(=O)CN(c1ccc(F)cc1)S(=O)(=O)c1ccc3c(c1)OCCO3)CC(C)(C)O2. The van der Waals surface area contributed by atoms with E-state index in [1.165, 1.54) is 30.3 Å². The number of rotatable bonds is 7. The molecule has 206 valence electrons. The van der Waals surface area contributed by atoms with Crippen molar-refractivity contribution in [3.63, 3.8) is 0 Å². The van der Waals surface area contributed by atoms with Gasteiger partial charge in [0.25, 0.3) is 10.0 Å². The van der Waals surface area contributed by atoms with Gasteiger partial charge in [-0.2, -0.15) is 0 Å². The molecule has 1 atom stereocenters. The molecule has 2 aliphatic rings. The first-order valence-corrected chi connectivity index (χ1v) is 13.8. The zero-order valence-corrected chi connectivity index (χ0v) is 22.6. The van der Waals surface area contributed by atoms with Crippen molar-refractivity contribution in [2.75, 3.05) is 31.2 Å². The highest BCUT2D eigenvalue weighted by Gasteiger charge is 2.36. The van der Waals surface area contributed by atoms with Gasteiger partial charge in [0.1, 0.15) is 42.7 Å². The second-order valence-corrected chi connectivity index (χ2v) is 11.7. The molecule has 2 aliphatic heterocycles. The third kappa shape index (κ3) is 5.58. The molecule has 3 aromatic carbocycles. The number of nitrogens with one attached hydrogen (secondary N) is 1. The first-order valence-electron chi connectivity index (χ1n) is 12.4. The van der Waals surface area contributed by atoms with E-state index in [2.05, 4.69) is 5.32 Å². The van der Waals surface area contributed by atoms with Crippen LogP contribution in [0.25, 0.3) is 0 Å². The lowest BCUT2D eigenvalue weighted by Gasteiger charge is -2.38. The third-order valence-corrected chi connectivity index (χ3v) is 8.28. The minimum absolute atomic E-state index is 0.0915. The molecule has 0 spiro atoms. The number of nitrogens with zero attached hydrogens (tertiary/aromatic N) is 1. The Labute approximate surface area is 226 Å². The quantitative estimate of drug-likeness (QED) is 0.465. The van der Waals surface area contributed by atoms with Crippen LogP contribution < -0.4 is 28.6 Å². The summed E-state index contributed by atoms with van der Waals surface area (Å²) in [5.41, 5.74) is 0.286. The third-order valence-electron chi connectivity index (χ3n) is 6.51. The van der Waals surface area contributed by atoms with Crippen LogP contribution in [0.15, 0.2) is 65.6 Å². The van der Waals surface area contributed by atoms with E-state index in [4.69, 9.17) is 18.9 Å². The molecule has 1 amide bonds. The minimum atomic E-state index is -4.26. The van der Waals surface area contributed by atoms with E-state index in [0.717, 1.165) is 22.0 Å². The smallest absolute Gasteiger partial charge is 0.264 e. The lowest BCUT2D eigenvalue weighted by molar-refractivity contribution is -0.120. The summed E-state index contributed by atoms with van der Waals surface area (Å²) in [7, 11) is -2.71. The highest BCUT2D eigenvalue weighted by atomic mass is 32.2. The van der Waals surface area contributed by atoms with Gasteiger partial charge in [-0.25, -0.2) is 12.8 Å². The number of benzene rings is 3. The molecule has 11 heteroatoms. The number of carbonyl (C=O) groups is 1. The fourth-order valence-electron chi connectivity index (χ4n) is 4.69. The highest BCUT2D eigenvalue weighted by molar-refractivity contribution is 7.92. The van der Waals surface area contributed by atoms with Crippen LogP contribution in [0.2, 0.25) is 0 Å². The Kier molecular flexibility index (Phi) is 7.02. The first-order chi connectivity index (χ1) is 18.6. The Bertz CT molecular complexity index is 1490. The van der Waals surface area contributed by atoms with Crippen LogP contribution in [-0.2, 0) is 14.8 Å². The van der Waals surface area contributed by atoms with Crippen LogP contribution in [0, 0.1) is 5.82 Å². The molecule has 9 nitrogen and oxygen atoms in total. The van der Waals surface area contributed by atoms with E-state index < -0.39 is 39.9 Å². The van der Waals surface area contributed by atoms with Crippen molar-refractivity contribution in [3.8, 4) is 23.0 Å². The highest BCUT2D eigenvalue weighted by Crippen LogP contribution is 2.41. The predicted molar refractivity (Wildman–Crippen MR) is 142 cm³/mol. The fourth-order valence-corrected chi connectivity index (χ4v) is 6.13. The Balaban J connectivity index is 1.46. The molecule has 0 aliphatic carbocycles. The summed E-state index contributed by atoms with van der Waals surface area (Å²) < 4.78 is 64.8. The van der Waals surface area contributed by atoms with Crippen molar-refractivity contribution < 1.29 is 36.6 Å². The molecule has 3 aromatic rings. The predicted octanol–water partition coefficient (Wildman–Crippen LogP) is 4.22. The number of halogens is 1. The summed E-state index contributed by atoms with van der Waals surface area (Å²) in [6.45, 7) is 3.93. The summed E-state index contributed by atoms with van der Waals surface area (Å²) in [5.74, 6) is 0.858. The molecular formula is C28H29FN2O7S. The van der Waals surface area contributed by atoms with Gasteiger partial charge in [0.05, 0.1) is 23.7 Å². The van der Waals surface area contributed by atoms with Gasteiger partial charge in [-0.05, 0) is 68.4 Å². The van der Waals surface area contributed by atoms with E-state index >= 15 is 0 Å². The van der Waals surface area contributed by atoms with E-state index in [1.54, 1.807) is 25.3 Å². The maximum atomic E-state index is 13.8. The number of carbonyl (C=O) groups excluding carboxylic acids is 1. The zero-order chi connectivity index (χ0) is 27.8. The van der Waals surface area contributed by atoms with Crippen molar-refractivity contribution in [1.82, 2.24) is 5.32 Å². The molecule has 0 saturated heterocycles. The molecule has 2 heterocycles. The topological polar surface area (TPSA) is 103 Å². The van der Waals surface area contributed by atoms with Gasteiger partial charge in [0.15, 0.2) is 11.5 Å². The van der Waals surface area contributed by atoms with Crippen LogP contribution >= 0.6 is 0 Å². The molecule has 0 saturated carbocycles. The van der Waals surface area contributed by atoms with Gasteiger partial charge in [-0.15, -0.1) is 0 Å². The summed E-state index contributed by atoms with van der Waals surface area (Å²) in [6.07, 6.45) is 0.449. The lowest BCUT2D eigenvalue weighted by atomic mass is 9.89. The standard InChI is InChI=1S/C28H29FN2O7S/c1-28(2)16-23(22-14-20(35-3)8-10-24(22)38-28)30-27(32)17-31(19-6-4-18(29)5-7-19)39(33,34)21-9-11-25-26(15-21)37-13-12-36-25/h4-11,14-15,23H,12-13,16-17H2,1-3H3,(H,30,32). The first kappa shape index (κ1) is 26.6. The Morgan fingerprint density at radius 3 is 2.44 bits per heavy atom. The number of methoxy groups -OCH3 is 1. The molecule has 1 N–H and O–H groups in total. The van der Waals surface area contributed by atoms with E-state index in [0.29, 0.717) is 36.0 Å². The Morgan fingerprint density at radius 2 is 1.72 bits per heavy atom. The normalized spacial score (nSPS) is 17.4. The van der Waals surface area contributed by atoms with E-state index in [1.807, 2.05) is 13.8 Å². The molecule has 0 fully saturated rings. The molecule has 39 heavy (non-hydrogen) atoms. The zero-order valence-electron chi connectivity index (χ0n) is 21.8. The van der Waals surface area contributed by atoms with Crippen LogP contribution in [0.1, 0.15) is 31.9 Å². The van der Waals surface area contributed by atoms with Crippen molar-refractivity contribution in [2.45, 2.75) is 36.8 Å². The summed E-state index contributed by atoms with van der Waals surface area (Å²) >= 11 is 0. The molecule has 0 radical (unpaired) electrons. The largest absolute Gasteiger partial charge is 0.497 e. The van der Waals surface area contributed by atoms with Gasteiger partial charge in [-0.1, -0.05) is 0 Å². The molecule has 1 unspecified atom stereocenters. The van der Waals surface area contributed by atoms with Gasteiger partial charge in [0.2, 0.25) is 5.91 Å². The Morgan fingerprint density at radius 1 is 1.03 bits per heavy atom. The Hall–Kier alpha value is -3.99. The van der Waals surface area contributed by atoms with Gasteiger partial charge >= 0.3 is 0 Å². The average molecular weight is 557 g/mol. The van der Waals surface area contributed by atoms with Gasteiger partial charge in [-0.3, -0.25) is 9.10 Å².